The van der Waals surface area contributed by atoms with E-state index < -0.39 is 11.9 Å². The fourth-order valence-electron chi connectivity index (χ4n) is 3.46. The van der Waals surface area contributed by atoms with Gasteiger partial charge in [-0.25, -0.2) is 4.98 Å². The first kappa shape index (κ1) is 22.5. The van der Waals surface area contributed by atoms with E-state index in [9.17, 15) is 18.0 Å². The van der Waals surface area contributed by atoms with Crippen LogP contribution in [0.3, 0.4) is 0 Å². The predicted octanol–water partition coefficient (Wildman–Crippen LogP) is 3.39. The number of anilines is 3. The number of pyridine rings is 1. The normalized spacial score (nSPS) is 16.9. The van der Waals surface area contributed by atoms with Gasteiger partial charge in [0.25, 0.3) is 0 Å². The molecule has 0 saturated carbocycles. The maximum Gasteiger partial charge on any atom is 0.433 e. The third-order valence-electron chi connectivity index (χ3n) is 5.68. The Morgan fingerprint density at radius 1 is 1.24 bits per heavy atom. The number of aromatic nitrogens is 5. The summed E-state index contributed by atoms with van der Waals surface area (Å²) in [4.78, 5) is 26.3. The zero-order chi connectivity index (χ0) is 23.9. The van der Waals surface area contributed by atoms with Gasteiger partial charge in [0.15, 0.2) is 5.82 Å². The van der Waals surface area contributed by atoms with Crippen molar-refractivity contribution >= 4 is 23.4 Å². The van der Waals surface area contributed by atoms with Gasteiger partial charge in [0, 0.05) is 31.5 Å². The first-order valence-electron chi connectivity index (χ1n) is 10.3. The maximum absolute atomic E-state index is 12.7. The number of fused-ring (bicyclic) bond motifs is 1. The number of carbonyl (C=O) groups is 1. The van der Waals surface area contributed by atoms with Crippen molar-refractivity contribution < 1.29 is 18.0 Å². The molecule has 9 nitrogen and oxygen atoms in total. The molecule has 0 aliphatic carbocycles. The number of halogens is 3. The molecule has 1 aliphatic rings. The van der Waals surface area contributed by atoms with Gasteiger partial charge >= 0.3 is 6.18 Å². The van der Waals surface area contributed by atoms with Crippen LogP contribution >= 0.6 is 0 Å². The highest BCUT2D eigenvalue weighted by Crippen LogP contribution is 2.32. The summed E-state index contributed by atoms with van der Waals surface area (Å²) in [7, 11) is 1.81. The monoisotopic (exact) mass is 460 g/mol. The number of hydrogen-bond donors (Lipinski definition) is 2. The van der Waals surface area contributed by atoms with Crippen LogP contribution in [0.15, 0.2) is 30.7 Å². The number of nitrogens with zero attached hydrogens (tertiary/aromatic N) is 6. The summed E-state index contributed by atoms with van der Waals surface area (Å²) in [6, 6.07) is 1.72. The molecule has 3 aromatic heterocycles. The highest BCUT2D eigenvalue weighted by Gasteiger charge is 2.32. The summed E-state index contributed by atoms with van der Waals surface area (Å²) in [6.07, 6.45) is 0.213. The van der Waals surface area contributed by atoms with Crippen LogP contribution < -0.4 is 15.5 Å². The molecule has 4 rings (SSSR count). The Kier molecular flexibility index (Phi) is 5.68. The molecule has 0 bridgehead atoms. The summed E-state index contributed by atoms with van der Waals surface area (Å²) >= 11 is 0. The number of nitrogens with one attached hydrogen (secondary N) is 2. The Hall–Kier alpha value is -3.70. The van der Waals surface area contributed by atoms with Crippen molar-refractivity contribution in [1.29, 1.82) is 0 Å². The van der Waals surface area contributed by atoms with E-state index in [1.54, 1.807) is 42.9 Å². The van der Waals surface area contributed by atoms with Crippen LogP contribution in [0.25, 0.3) is 0 Å². The lowest BCUT2D eigenvalue weighted by atomic mass is 10.1. The fraction of sp³-hybridized carbons (Fsp3) is 0.381. The molecule has 3 aromatic rings. The number of aryl methyl sites for hydroxylation is 1. The lowest BCUT2D eigenvalue weighted by Gasteiger charge is -2.32. The van der Waals surface area contributed by atoms with E-state index in [1.165, 1.54) is 12.3 Å². The third kappa shape index (κ3) is 4.45. The molecular formula is C21H23F3N8O. The number of amides is 1. The maximum atomic E-state index is 12.7. The van der Waals surface area contributed by atoms with Gasteiger partial charge in [-0.15, -0.1) is 0 Å². The molecule has 0 fully saturated rings. The molecule has 1 unspecified atom stereocenters. The molecule has 1 amide bonds. The number of rotatable bonds is 5. The quantitative estimate of drug-likeness (QED) is 0.602. The second kappa shape index (κ2) is 8.34. The summed E-state index contributed by atoms with van der Waals surface area (Å²) < 4.78 is 39.8. The lowest BCUT2D eigenvalue weighted by molar-refractivity contribution is -0.141. The third-order valence-corrected chi connectivity index (χ3v) is 5.68. The highest BCUT2D eigenvalue weighted by atomic mass is 19.4. The Balaban J connectivity index is 1.45. The minimum Gasteiger partial charge on any atom is -0.350 e. The largest absolute Gasteiger partial charge is 0.433 e. The number of carbonyl (C=O) groups excluding carboxylic acids is 1. The van der Waals surface area contributed by atoms with Crippen molar-refractivity contribution in [3.63, 3.8) is 0 Å². The topological polar surface area (TPSA) is 101 Å². The van der Waals surface area contributed by atoms with E-state index in [4.69, 9.17) is 0 Å². The summed E-state index contributed by atoms with van der Waals surface area (Å²) in [5.74, 6) is 0.938. The average Bonchev–Trinajstić information content (AvgIpc) is 3.25. The van der Waals surface area contributed by atoms with Crippen LogP contribution in [0.2, 0.25) is 0 Å². The summed E-state index contributed by atoms with van der Waals surface area (Å²) in [6.45, 7) is 5.82. The van der Waals surface area contributed by atoms with Crippen LogP contribution in [-0.2, 0) is 17.5 Å². The molecule has 0 aromatic carbocycles. The van der Waals surface area contributed by atoms with Gasteiger partial charge in [-0.3, -0.25) is 14.5 Å². The van der Waals surface area contributed by atoms with E-state index in [0.717, 1.165) is 11.6 Å². The molecule has 33 heavy (non-hydrogen) atoms. The number of alkyl halides is 3. The van der Waals surface area contributed by atoms with Gasteiger partial charge in [0.2, 0.25) is 11.9 Å². The summed E-state index contributed by atoms with van der Waals surface area (Å²) in [5, 5.41) is 10.3. The molecule has 2 atom stereocenters. The zero-order valence-corrected chi connectivity index (χ0v) is 18.5. The van der Waals surface area contributed by atoms with Crippen molar-refractivity contribution in [1.82, 2.24) is 24.7 Å². The van der Waals surface area contributed by atoms with Crippen LogP contribution in [-0.4, -0.2) is 43.7 Å². The molecule has 1 aliphatic heterocycles. The second-order valence-corrected chi connectivity index (χ2v) is 7.94. The Morgan fingerprint density at radius 3 is 2.67 bits per heavy atom. The number of likely N-dealkylation sites (N-methyl/N-ethyl adjacent to an activating group) is 1. The van der Waals surface area contributed by atoms with Gasteiger partial charge in [-0.1, -0.05) is 6.07 Å². The molecule has 4 heterocycles. The highest BCUT2D eigenvalue weighted by molar-refractivity contribution is 6.03. The van der Waals surface area contributed by atoms with Crippen LogP contribution in [0.4, 0.5) is 30.6 Å². The van der Waals surface area contributed by atoms with E-state index >= 15 is 0 Å². The Bertz CT molecular complexity index is 1180. The summed E-state index contributed by atoms with van der Waals surface area (Å²) in [5.41, 5.74) is 1.77. The molecule has 0 saturated heterocycles. The molecule has 174 valence electrons. The van der Waals surface area contributed by atoms with Crippen LogP contribution in [0.5, 0.6) is 0 Å². The standard InChI is InChI=1S/C21H23F3N8O/c1-11-17-18(31(4)13(3)19(33)29-17)30-20(28-11)26-7-14-8-27-32(10-14)12(2)15-5-6-16(25-9-15)21(22,23)24/h5-6,8-10,12-13H,7H2,1-4H3,(H,29,33)(H,26,28,30)/t12?,13-/m0/s1. The van der Waals surface area contributed by atoms with Crippen molar-refractivity contribution in [3.05, 3.63) is 53.2 Å². The van der Waals surface area contributed by atoms with Gasteiger partial charge in [0.05, 0.1) is 17.9 Å². The first-order valence-corrected chi connectivity index (χ1v) is 10.3. The molecule has 2 N–H and O–H groups in total. The second-order valence-electron chi connectivity index (χ2n) is 7.94. The fourth-order valence-corrected chi connectivity index (χ4v) is 3.46. The van der Waals surface area contributed by atoms with Crippen molar-refractivity contribution in [2.24, 2.45) is 0 Å². The van der Waals surface area contributed by atoms with Gasteiger partial charge in [-0.05, 0) is 32.4 Å². The predicted molar refractivity (Wildman–Crippen MR) is 116 cm³/mol. The van der Waals surface area contributed by atoms with E-state index in [2.05, 4.69) is 30.7 Å². The molecule has 0 radical (unpaired) electrons. The van der Waals surface area contributed by atoms with Crippen LogP contribution in [0, 0.1) is 6.92 Å². The van der Waals surface area contributed by atoms with Crippen molar-refractivity contribution in [2.75, 3.05) is 22.6 Å². The van der Waals surface area contributed by atoms with Gasteiger partial charge in [-0.2, -0.15) is 23.3 Å². The van der Waals surface area contributed by atoms with Gasteiger partial charge < -0.3 is 15.5 Å². The zero-order valence-electron chi connectivity index (χ0n) is 18.5. The lowest BCUT2D eigenvalue weighted by Crippen LogP contribution is -2.44. The first-order chi connectivity index (χ1) is 15.5. The molecule has 12 heteroatoms. The van der Waals surface area contributed by atoms with Crippen LogP contribution in [0.1, 0.15) is 42.4 Å². The van der Waals surface area contributed by atoms with Crippen molar-refractivity contribution in [3.8, 4) is 0 Å². The smallest absolute Gasteiger partial charge is 0.350 e. The Labute approximate surface area is 188 Å². The molecule has 0 spiro atoms. The SMILES string of the molecule is Cc1nc(NCc2cnn(C(C)c3ccc(C(F)(F)F)nc3)c2)nc2c1NC(=O)[C@H](C)N2C. The van der Waals surface area contributed by atoms with Crippen molar-refractivity contribution in [2.45, 2.75) is 45.6 Å². The van der Waals surface area contributed by atoms with E-state index in [1.807, 2.05) is 6.92 Å². The van der Waals surface area contributed by atoms with E-state index in [-0.39, 0.29) is 18.0 Å². The Morgan fingerprint density at radius 2 is 2.00 bits per heavy atom. The average molecular weight is 460 g/mol. The minimum atomic E-state index is -4.47. The van der Waals surface area contributed by atoms with E-state index in [0.29, 0.717) is 35.3 Å². The minimum absolute atomic E-state index is 0.109. The molecular weight excluding hydrogens is 437 g/mol. The number of hydrogen-bond acceptors (Lipinski definition) is 7. The van der Waals surface area contributed by atoms with Gasteiger partial charge in [0.1, 0.15) is 17.4 Å².